The normalized spacial score (nSPS) is 12.5. The Hall–Kier alpha value is -2.61. The summed E-state index contributed by atoms with van der Waals surface area (Å²) in [6, 6.07) is 7.49. The minimum atomic E-state index is -3.81. The van der Waals surface area contributed by atoms with E-state index in [2.05, 4.69) is 14.7 Å². The first-order chi connectivity index (χ1) is 11.1. The SMILES string of the molecule is CC(C)(C)c1cc(NS(=O)(=O)c2ccc3[nH]c(=O)oc3c2)ccn1. The van der Waals surface area contributed by atoms with Gasteiger partial charge in [-0.05, 0) is 24.3 Å². The maximum atomic E-state index is 12.6. The Balaban J connectivity index is 1.97. The lowest BCUT2D eigenvalue weighted by atomic mass is 9.91. The molecule has 0 aliphatic rings. The molecule has 3 rings (SSSR count). The summed E-state index contributed by atoms with van der Waals surface area (Å²) in [5.74, 6) is -0.628. The molecule has 0 saturated carbocycles. The van der Waals surface area contributed by atoms with Crippen LogP contribution in [0.2, 0.25) is 0 Å². The van der Waals surface area contributed by atoms with Crippen molar-refractivity contribution in [2.75, 3.05) is 4.72 Å². The number of hydrogen-bond donors (Lipinski definition) is 2. The van der Waals surface area contributed by atoms with Gasteiger partial charge >= 0.3 is 5.76 Å². The predicted molar refractivity (Wildman–Crippen MR) is 90.6 cm³/mol. The molecule has 0 atom stereocenters. The fraction of sp³-hybridized carbons (Fsp3) is 0.250. The number of sulfonamides is 1. The quantitative estimate of drug-likeness (QED) is 0.758. The van der Waals surface area contributed by atoms with Crippen molar-refractivity contribution in [1.29, 1.82) is 0 Å². The van der Waals surface area contributed by atoms with E-state index in [1.54, 1.807) is 18.3 Å². The molecule has 2 aromatic heterocycles. The maximum Gasteiger partial charge on any atom is 0.417 e. The Bertz CT molecular complexity index is 1060. The molecule has 0 aliphatic heterocycles. The minimum absolute atomic E-state index is 0.00636. The average molecular weight is 347 g/mol. The number of anilines is 1. The first-order valence-corrected chi connectivity index (χ1v) is 8.76. The van der Waals surface area contributed by atoms with E-state index in [0.29, 0.717) is 11.2 Å². The van der Waals surface area contributed by atoms with Crippen molar-refractivity contribution in [3.05, 3.63) is 52.8 Å². The number of nitrogens with zero attached hydrogens (tertiary/aromatic N) is 1. The molecule has 3 aromatic rings. The molecule has 2 heterocycles. The highest BCUT2D eigenvalue weighted by Crippen LogP contribution is 2.24. The van der Waals surface area contributed by atoms with E-state index < -0.39 is 15.8 Å². The molecule has 0 saturated heterocycles. The summed E-state index contributed by atoms with van der Waals surface area (Å²) >= 11 is 0. The zero-order valence-corrected chi connectivity index (χ0v) is 14.3. The van der Waals surface area contributed by atoms with Crippen LogP contribution in [-0.4, -0.2) is 18.4 Å². The van der Waals surface area contributed by atoms with Crippen LogP contribution >= 0.6 is 0 Å². The second-order valence-corrected chi connectivity index (χ2v) is 8.14. The number of H-pyrrole nitrogens is 1. The maximum absolute atomic E-state index is 12.6. The van der Waals surface area contributed by atoms with E-state index in [1.165, 1.54) is 18.2 Å². The molecule has 0 spiro atoms. The van der Waals surface area contributed by atoms with Crippen LogP contribution in [0.3, 0.4) is 0 Å². The zero-order valence-electron chi connectivity index (χ0n) is 13.5. The van der Waals surface area contributed by atoms with Crippen molar-refractivity contribution in [2.24, 2.45) is 0 Å². The zero-order chi connectivity index (χ0) is 17.5. The van der Waals surface area contributed by atoms with Gasteiger partial charge in [0.25, 0.3) is 10.0 Å². The Morgan fingerprint density at radius 2 is 1.92 bits per heavy atom. The van der Waals surface area contributed by atoms with Crippen molar-refractivity contribution >= 4 is 26.8 Å². The Morgan fingerprint density at radius 3 is 2.62 bits per heavy atom. The van der Waals surface area contributed by atoms with Crippen LogP contribution in [0.5, 0.6) is 0 Å². The van der Waals surface area contributed by atoms with Crippen molar-refractivity contribution < 1.29 is 12.8 Å². The third kappa shape index (κ3) is 3.18. The fourth-order valence-corrected chi connectivity index (χ4v) is 3.28. The standard InChI is InChI=1S/C16H17N3O4S/c1-16(2,3)14-8-10(6-7-17-14)19-24(21,22)11-4-5-12-13(9-11)23-15(20)18-12/h4-9H,1-3H3,(H,17,19)(H,18,20). The lowest BCUT2D eigenvalue weighted by Gasteiger charge is -2.18. The van der Waals surface area contributed by atoms with Crippen LogP contribution in [0.1, 0.15) is 26.5 Å². The number of benzene rings is 1. The molecule has 2 N–H and O–H groups in total. The molecule has 1 aromatic carbocycles. The summed E-state index contributed by atoms with van der Waals surface area (Å²) in [6.45, 7) is 5.99. The third-order valence-corrected chi connectivity index (χ3v) is 4.86. The Labute approximate surface area is 138 Å². The van der Waals surface area contributed by atoms with E-state index in [0.717, 1.165) is 5.69 Å². The van der Waals surface area contributed by atoms with Gasteiger partial charge in [-0.2, -0.15) is 0 Å². The summed E-state index contributed by atoms with van der Waals surface area (Å²) in [6.07, 6.45) is 1.56. The van der Waals surface area contributed by atoms with Crippen molar-refractivity contribution in [2.45, 2.75) is 31.1 Å². The topological polar surface area (TPSA) is 105 Å². The van der Waals surface area contributed by atoms with Crippen molar-refractivity contribution in [1.82, 2.24) is 9.97 Å². The number of nitrogens with one attached hydrogen (secondary N) is 2. The molecular weight excluding hydrogens is 330 g/mol. The number of hydrogen-bond acceptors (Lipinski definition) is 5. The van der Waals surface area contributed by atoms with Crippen LogP contribution < -0.4 is 10.5 Å². The summed E-state index contributed by atoms with van der Waals surface area (Å²) in [5.41, 5.74) is 1.63. The lowest BCUT2D eigenvalue weighted by molar-refractivity contribution is 0.554. The average Bonchev–Trinajstić information content (AvgIpc) is 2.85. The van der Waals surface area contributed by atoms with Gasteiger partial charge in [-0.15, -0.1) is 0 Å². The molecule has 0 fully saturated rings. The van der Waals surface area contributed by atoms with Crippen LogP contribution in [0.25, 0.3) is 11.1 Å². The first kappa shape index (κ1) is 16.3. The minimum Gasteiger partial charge on any atom is -0.408 e. The van der Waals surface area contributed by atoms with E-state index in [1.807, 2.05) is 20.8 Å². The Kier molecular flexibility index (Phi) is 3.71. The monoisotopic (exact) mass is 347 g/mol. The Morgan fingerprint density at radius 1 is 1.17 bits per heavy atom. The molecule has 24 heavy (non-hydrogen) atoms. The van der Waals surface area contributed by atoms with E-state index >= 15 is 0 Å². The van der Waals surface area contributed by atoms with Crippen molar-refractivity contribution in [3.63, 3.8) is 0 Å². The number of pyridine rings is 1. The van der Waals surface area contributed by atoms with Gasteiger partial charge in [0, 0.05) is 23.4 Å². The van der Waals surface area contributed by atoms with E-state index in [4.69, 9.17) is 4.42 Å². The molecule has 8 heteroatoms. The summed E-state index contributed by atoms with van der Waals surface area (Å²) in [7, 11) is -3.81. The van der Waals surface area contributed by atoms with Gasteiger partial charge < -0.3 is 4.42 Å². The van der Waals surface area contributed by atoms with Crippen molar-refractivity contribution in [3.8, 4) is 0 Å². The second kappa shape index (κ2) is 5.48. The number of rotatable bonds is 3. The molecule has 0 bridgehead atoms. The molecule has 0 aliphatic carbocycles. The predicted octanol–water partition coefficient (Wildman–Crippen LogP) is 2.61. The third-order valence-electron chi connectivity index (χ3n) is 3.48. The van der Waals surface area contributed by atoms with E-state index in [9.17, 15) is 13.2 Å². The highest BCUT2D eigenvalue weighted by atomic mass is 32.2. The molecule has 7 nitrogen and oxygen atoms in total. The molecule has 126 valence electrons. The van der Waals surface area contributed by atoms with Gasteiger partial charge in [-0.25, -0.2) is 13.2 Å². The number of aromatic amines is 1. The largest absolute Gasteiger partial charge is 0.417 e. The van der Waals surface area contributed by atoms with E-state index in [-0.39, 0.29) is 15.9 Å². The van der Waals surface area contributed by atoms with Crippen LogP contribution in [0.15, 0.2) is 50.6 Å². The van der Waals surface area contributed by atoms with Gasteiger partial charge in [0.05, 0.1) is 16.1 Å². The van der Waals surface area contributed by atoms with Gasteiger partial charge in [0.2, 0.25) is 0 Å². The van der Waals surface area contributed by atoms with Gasteiger partial charge in [0.15, 0.2) is 5.58 Å². The molecular formula is C16H17N3O4S. The highest BCUT2D eigenvalue weighted by Gasteiger charge is 2.19. The first-order valence-electron chi connectivity index (χ1n) is 7.27. The summed E-state index contributed by atoms with van der Waals surface area (Å²) in [4.78, 5) is 17.9. The number of oxazole rings is 1. The fourth-order valence-electron chi connectivity index (χ4n) is 2.21. The van der Waals surface area contributed by atoms with Crippen LogP contribution in [-0.2, 0) is 15.4 Å². The molecule has 0 radical (unpaired) electrons. The molecule has 0 amide bonds. The lowest BCUT2D eigenvalue weighted by Crippen LogP contribution is -2.16. The summed E-state index contributed by atoms with van der Waals surface area (Å²) < 4.78 is 32.5. The van der Waals surface area contributed by atoms with Gasteiger partial charge in [-0.3, -0.25) is 14.7 Å². The van der Waals surface area contributed by atoms with Gasteiger partial charge in [-0.1, -0.05) is 20.8 Å². The van der Waals surface area contributed by atoms with Crippen LogP contribution in [0, 0.1) is 0 Å². The number of aromatic nitrogens is 2. The van der Waals surface area contributed by atoms with Gasteiger partial charge in [0.1, 0.15) is 0 Å². The molecule has 0 unspecified atom stereocenters. The summed E-state index contributed by atoms with van der Waals surface area (Å²) in [5, 5.41) is 0. The smallest absolute Gasteiger partial charge is 0.408 e. The highest BCUT2D eigenvalue weighted by molar-refractivity contribution is 7.92. The van der Waals surface area contributed by atoms with Crippen LogP contribution in [0.4, 0.5) is 5.69 Å². The second-order valence-electron chi connectivity index (χ2n) is 6.46. The number of fused-ring (bicyclic) bond motifs is 1.